The van der Waals surface area contributed by atoms with E-state index in [2.05, 4.69) is 6.58 Å². The van der Waals surface area contributed by atoms with Gasteiger partial charge in [-0.05, 0) is 31.2 Å². The summed E-state index contributed by atoms with van der Waals surface area (Å²) in [6.07, 6.45) is 0.675. The van der Waals surface area contributed by atoms with Gasteiger partial charge in [-0.25, -0.2) is 0 Å². The Kier molecular flexibility index (Phi) is 4.81. The molecule has 0 saturated heterocycles. The summed E-state index contributed by atoms with van der Waals surface area (Å²) in [5.74, 6) is -0.00903. The van der Waals surface area contributed by atoms with Crippen molar-refractivity contribution in [3.63, 3.8) is 0 Å². The van der Waals surface area contributed by atoms with Crippen LogP contribution in [-0.4, -0.2) is 11.7 Å². The van der Waals surface area contributed by atoms with E-state index in [1.165, 1.54) is 0 Å². The van der Waals surface area contributed by atoms with Gasteiger partial charge in [0.25, 0.3) is 0 Å². The van der Waals surface area contributed by atoms with Crippen molar-refractivity contribution in [3.05, 3.63) is 69.9 Å². The number of benzene rings is 2. The molecule has 0 radical (unpaired) electrons. The predicted octanol–water partition coefficient (Wildman–Crippen LogP) is 5.16. The van der Waals surface area contributed by atoms with Gasteiger partial charge in [0.05, 0.1) is 6.61 Å². The average Bonchev–Trinajstić information content (AvgIpc) is 2.57. The molecule has 5 heteroatoms. The zero-order chi connectivity index (χ0) is 18.0. The van der Waals surface area contributed by atoms with Crippen LogP contribution in [0.3, 0.4) is 0 Å². The number of aromatic hydroxyl groups is 1. The van der Waals surface area contributed by atoms with Crippen molar-refractivity contribution < 1.29 is 14.3 Å². The number of halogens is 1. The lowest BCUT2D eigenvalue weighted by Gasteiger charge is -2.11. The fourth-order valence-electron chi connectivity index (χ4n) is 2.48. The number of hydrogen-bond donors (Lipinski definition) is 1. The molecule has 3 rings (SSSR count). The maximum Gasteiger partial charge on any atom is 0.238 e. The highest BCUT2D eigenvalue weighted by Crippen LogP contribution is 2.34. The van der Waals surface area contributed by atoms with Gasteiger partial charge >= 0.3 is 0 Å². The number of hydrogen-bond acceptors (Lipinski definition) is 4. The van der Waals surface area contributed by atoms with Crippen molar-refractivity contribution in [3.8, 4) is 22.8 Å². The SMILES string of the molecule is C=C(C)CCOc1cccc2oc(-c3cccc(Cl)c3)c(O)c(=O)c12. The summed E-state index contributed by atoms with van der Waals surface area (Å²) in [6, 6.07) is 11.8. The van der Waals surface area contributed by atoms with Crippen molar-refractivity contribution in [2.75, 3.05) is 6.61 Å². The summed E-state index contributed by atoms with van der Waals surface area (Å²) in [4.78, 5) is 12.7. The zero-order valence-corrected chi connectivity index (χ0v) is 14.5. The summed E-state index contributed by atoms with van der Waals surface area (Å²) in [7, 11) is 0. The second-order valence-corrected chi connectivity index (χ2v) is 6.24. The van der Waals surface area contributed by atoms with Gasteiger partial charge in [0.15, 0.2) is 5.76 Å². The minimum atomic E-state index is -0.540. The average molecular weight is 357 g/mol. The molecule has 0 bridgehead atoms. The molecule has 128 valence electrons. The molecule has 25 heavy (non-hydrogen) atoms. The third-order valence-corrected chi connectivity index (χ3v) is 3.97. The molecule has 0 unspecified atom stereocenters. The van der Waals surface area contributed by atoms with Gasteiger partial charge in [-0.3, -0.25) is 4.79 Å². The highest BCUT2D eigenvalue weighted by atomic mass is 35.5. The molecular formula is C20H17ClO4. The van der Waals surface area contributed by atoms with E-state index in [1.54, 1.807) is 42.5 Å². The molecule has 1 aromatic heterocycles. The summed E-state index contributed by atoms with van der Waals surface area (Å²) in [6.45, 7) is 6.12. The standard InChI is InChI=1S/C20H17ClO4/c1-12(2)9-10-24-15-7-4-8-16-17(15)18(22)19(23)20(25-16)13-5-3-6-14(21)11-13/h3-8,11,23H,1,9-10H2,2H3. The minimum Gasteiger partial charge on any atom is -0.502 e. The van der Waals surface area contributed by atoms with Gasteiger partial charge in [0, 0.05) is 17.0 Å². The van der Waals surface area contributed by atoms with Crippen LogP contribution in [0.1, 0.15) is 13.3 Å². The van der Waals surface area contributed by atoms with Crippen LogP contribution in [0.25, 0.3) is 22.3 Å². The van der Waals surface area contributed by atoms with Crippen LogP contribution >= 0.6 is 11.6 Å². The van der Waals surface area contributed by atoms with Crippen molar-refractivity contribution >= 4 is 22.6 Å². The van der Waals surface area contributed by atoms with Crippen molar-refractivity contribution in [1.29, 1.82) is 0 Å². The molecule has 0 aliphatic rings. The Morgan fingerprint density at radius 3 is 2.76 bits per heavy atom. The maximum atomic E-state index is 12.7. The Bertz CT molecular complexity index is 1000. The molecule has 0 aliphatic heterocycles. The molecule has 3 aromatic rings. The molecule has 0 aliphatic carbocycles. The Hall–Kier alpha value is -2.72. The van der Waals surface area contributed by atoms with E-state index in [9.17, 15) is 9.90 Å². The second-order valence-electron chi connectivity index (χ2n) is 5.80. The van der Waals surface area contributed by atoms with E-state index in [4.69, 9.17) is 20.8 Å². The van der Waals surface area contributed by atoms with Crippen LogP contribution in [0.2, 0.25) is 5.02 Å². The van der Waals surface area contributed by atoms with Crippen LogP contribution < -0.4 is 10.2 Å². The molecular weight excluding hydrogens is 340 g/mol. The maximum absolute atomic E-state index is 12.7. The largest absolute Gasteiger partial charge is 0.502 e. The van der Waals surface area contributed by atoms with E-state index in [-0.39, 0.29) is 11.1 Å². The monoisotopic (exact) mass is 356 g/mol. The van der Waals surface area contributed by atoms with Crippen LogP contribution in [-0.2, 0) is 0 Å². The van der Waals surface area contributed by atoms with E-state index in [0.29, 0.717) is 34.9 Å². The van der Waals surface area contributed by atoms with Gasteiger partial charge in [-0.15, -0.1) is 6.58 Å². The first-order chi connectivity index (χ1) is 12.0. The Labute approximate surface area is 149 Å². The van der Waals surface area contributed by atoms with Gasteiger partial charge in [-0.2, -0.15) is 0 Å². The lowest BCUT2D eigenvalue weighted by molar-refractivity contribution is 0.324. The Morgan fingerprint density at radius 2 is 2.04 bits per heavy atom. The van der Waals surface area contributed by atoms with Crippen LogP contribution in [0, 0.1) is 0 Å². The first-order valence-corrected chi connectivity index (χ1v) is 8.17. The molecule has 0 atom stereocenters. The first-order valence-electron chi connectivity index (χ1n) is 7.79. The van der Waals surface area contributed by atoms with E-state index >= 15 is 0 Å². The third kappa shape index (κ3) is 3.54. The predicted molar refractivity (Wildman–Crippen MR) is 99.5 cm³/mol. The molecule has 0 spiro atoms. The minimum absolute atomic E-state index is 0.0825. The van der Waals surface area contributed by atoms with Crippen LogP contribution in [0.5, 0.6) is 11.5 Å². The summed E-state index contributed by atoms with van der Waals surface area (Å²) < 4.78 is 11.5. The highest BCUT2D eigenvalue weighted by Gasteiger charge is 2.18. The topological polar surface area (TPSA) is 59.7 Å². The molecule has 0 fully saturated rings. The quantitative estimate of drug-likeness (QED) is 0.641. The van der Waals surface area contributed by atoms with E-state index < -0.39 is 11.2 Å². The van der Waals surface area contributed by atoms with Crippen molar-refractivity contribution in [2.24, 2.45) is 0 Å². The third-order valence-electron chi connectivity index (χ3n) is 3.73. The van der Waals surface area contributed by atoms with Gasteiger partial charge in [-0.1, -0.05) is 35.4 Å². The lowest BCUT2D eigenvalue weighted by Crippen LogP contribution is -2.06. The molecule has 4 nitrogen and oxygen atoms in total. The van der Waals surface area contributed by atoms with Crippen molar-refractivity contribution in [2.45, 2.75) is 13.3 Å². The van der Waals surface area contributed by atoms with Crippen LogP contribution in [0.15, 0.2) is 63.8 Å². The van der Waals surface area contributed by atoms with Crippen molar-refractivity contribution in [1.82, 2.24) is 0 Å². The summed E-state index contributed by atoms with van der Waals surface area (Å²) in [5.41, 5.74) is 1.31. The normalized spacial score (nSPS) is 10.8. The lowest BCUT2D eigenvalue weighted by atomic mass is 10.1. The highest BCUT2D eigenvalue weighted by molar-refractivity contribution is 6.30. The van der Waals surface area contributed by atoms with E-state index in [0.717, 1.165) is 5.57 Å². The molecule has 1 heterocycles. The van der Waals surface area contributed by atoms with Gasteiger partial charge in [0.2, 0.25) is 11.2 Å². The molecule has 1 N–H and O–H groups in total. The fourth-order valence-corrected chi connectivity index (χ4v) is 2.67. The molecule has 0 amide bonds. The number of ether oxygens (including phenoxy) is 1. The second kappa shape index (κ2) is 7.03. The Morgan fingerprint density at radius 1 is 1.28 bits per heavy atom. The molecule has 0 saturated carbocycles. The van der Waals surface area contributed by atoms with Gasteiger partial charge in [0.1, 0.15) is 16.7 Å². The fraction of sp³-hybridized carbons (Fsp3) is 0.150. The van der Waals surface area contributed by atoms with Crippen LogP contribution in [0.4, 0.5) is 0 Å². The number of rotatable bonds is 5. The first kappa shape index (κ1) is 17.1. The van der Waals surface area contributed by atoms with Gasteiger partial charge < -0.3 is 14.3 Å². The summed E-state index contributed by atoms with van der Waals surface area (Å²) >= 11 is 5.98. The Balaban J connectivity index is 2.12. The molecule has 2 aromatic carbocycles. The summed E-state index contributed by atoms with van der Waals surface area (Å²) in [5, 5.41) is 11.1. The smallest absolute Gasteiger partial charge is 0.238 e. The number of fused-ring (bicyclic) bond motifs is 1. The van der Waals surface area contributed by atoms with E-state index in [1.807, 2.05) is 6.92 Å². The zero-order valence-electron chi connectivity index (χ0n) is 13.7.